The summed E-state index contributed by atoms with van der Waals surface area (Å²) >= 11 is 3.45. The van der Waals surface area contributed by atoms with Crippen LogP contribution < -0.4 is 10.6 Å². The molecule has 6 heteroatoms. The van der Waals surface area contributed by atoms with Gasteiger partial charge in [0, 0.05) is 28.5 Å². The average Bonchev–Trinajstić information content (AvgIpc) is 2.56. The van der Waals surface area contributed by atoms with Crippen molar-refractivity contribution >= 4 is 38.8 Å². The molecule has 0 amide bonds. The minimum atomic E-state index is 0.457. The second-order valence-corrected chi connectivity index (χ2v) is 6.24. The molecule has 0 radical (unpaired) electrons. The van der Waals surface area contributed by atoms with Gasteiger partial charge in [-0.1, -0.05) is 15.9 Å². The zero-order chi connectivity index (χ0) is 15.4. The number of hydrogen-bond donors (Lipinski definition) is 3. The maximum absolute atomic E-state index is 7.64. The lowest BCUT2D eigenvalue weighted by atomic mass is 10.1. The minimum Gasteiger partial charge on any atom is -0.387 e. The fraction of sp³-hybridized carbons (Fsp3) is 0.312. The average molecular weight is 360 g/mol. The molecule has 114 valence electrons. The molecule has 1 aromatic heterocycles. The number of rotatable bonds is 4. The minimum absolute atomic E-state index is 0.457. The molecular formula is C16H18BrN5. The SMILES string of the molecule is N=C/C(=C\NC1CCNCC1)c1cnc2ccc(Br)cc2n1. The van der Waals surface area contributed by atoms with E-state index in [-0.39, 0.29) is 0 Å². The summed E-state index contributed by atoms with van der Waals surface area (Å²) in [6, 6.07) is 6.27. The Morgan fingerprint density at radius 3 is 2.91 bits per heavy atom. The largest absolute Gasteiger partial charge is 0.387 e. The molecule has 1 aromatic carbocycles. The Bertz CT molecular complexity index is 707. The van der Waals surface area contributed by atoms with E-state index in [1.165, 1.54) is 6.21 Å². The van der Waals surface area contributed by atoms with Crippen molar-refractivity contribution in [1.29, 1.82) is 5.41 Å². The van der Waals surface area contributed by atoms with Crippen molar-refractivity contribution in [2.24, 2.45) is 0 Å². The number of nitrogens with zero attached hydrogens (tertiary/aromatic N) is 2. The number of fused-ring (bicyclic) bond motifs is 1. The van der Waals surface area contributed by atoms with Crippen molar-refractivity contribution in [2.75, 3.05) is 13.1 Å². The zero-order valence-corrected chi connectivity index (χ0v) is 13.7. The Morgan fingerprint density at radius 2 is 2.14 bits per heavy atom. The molecule has 5 nitrogen and oxygen atoms in total. The van der Waals surface area contributed by atoms with Crippen LogP contribution in [0.1, 0.15) is 18.5 Å². The number of hydrogen-bond acceptors (Lipinski definition) is 5. The van der Waals surface area contributed by atoms with E-state index in [9.17, 15) is 0 Å². The van der Waals surface area contributed by atoms with E-state index >= 15 is 0 Å². The number of allylic oxidation sites excluding steroid dienone is 1. The molecule has 22 heavy (non-hydrogen) atoms. The van der Waals surface area contributed by atoms with Gasteiger partial charge in [0.2, 0.25) is 0 Å². The van der Waals surface area contributed by atoms with Crippen LogP contribution in [0.15, 0.2) is 35.1 Å². The fourth-order valence-electron chi connectivity index (χ4n) is 2.51. The van der Waals surface area contributed by atoms with Crippen LogP contribution in [0.4, 0.5) is 0 Å². The maximum atomic E-state index is 7.64. The Balaban J connectivity index is 1.84. The molecule has 0 bridgehead atoms. The second kappa shape index (κ2) is 6.98. The van der Waals surface area contributed by atoms with Crippen LogP contribution in [0, 0.1) is 5.41 Å². The molecule has 2 heterocycles. The Morgan fingerprint density at radius 1 is 1.32 bits per heavy atom. The fourth-order valence-corrected chi connectivity index (χ4v) is 2.86. The lowest BCUT2D eigenvalue weighted by Crippen LogP contribution is -2.37. The number of halogens is 1. The first kappa shape index (κ1) is 15.1. The Kier molecular flexibility index (Phi) is 4.80. The smallest absolute Gasteiger partial charge is 0.0922 e. The van der Waals surface area contributed by atoms with Crippen LogP contribution in [-0.4, -0.2) is 35.3 Å². The van der Waals surface area contributed by atoms with Crippen LogP contribution in [-0.2, 0) is 0 Å². The van der Waals surface area contributed by atoms with Crippen LogP contribution >= 0.6 is 15.9 Å². The molecule has 0 atom stereocenters. The number of aromatic nitrogens is 2. The molecule has 3 N–H and O–H groups in total. The van der Waals surface area contributed by atoms with Gasteiger partial charge in [-0.3, -0.25) is 4.98 Å². The van der Waals surface area contributed by atoms with Crippen LogP contribution in [0.3, 0.4) is 0 Å². The highest BCUT2D eigenvalue weighted by Crippen LogP contribution is 2.18. The molecular weight excluding hydrogens is 342 g/mol. The molecule has 1 fully saturated rings. The lowest BCUT2D eigenvalue weighted by Gasteiger charge is -2.23. The molecule has 0 spiro atoms. The molecule has 3 rings (SSSR count). The summed E-state index contributed by atoms with van der Waals surface area (Å²) in [4.78, 5) is 9.03. The van der Waals surface area contributed by atoms with Gasteiger partial charge in [-0.05, 0) is 44.1 Å². The van der Waals surface area contributed by atoms with E-state index in [1.54, 1.807) is 6.20 Å². The molecule has 0 saturated carbocycles. The molecule has 1 aliphatic rings. The van der Waals surface area contributed by atoms with Gasteiger partial charge in [0.25, 0.3) is 0 Å². The standard InChI is InChI=1S/C16H18BrN5/c17-12-1-2-14-15(7-12)22-16(10-21-14)11(8-18)9-20-13-3-5-19-6-4-13/h1-2,7-10,13,18-20H,3-6H2/b11-9+,18-8?. The van der Waals surface area contributed by atoms with Crippen molar-refractivity contribution in [2.45, 2.75) is 18.9 Å². The second-order valence-electron chi connectivity index (χ2n) is 5.32. The van der Waals surface area contributed by atoms with Crippen molar-refractivity contribution in [3.05, 3.63) is 40.8 Å². The van der Waals surface area contributed by atoms with Gasteiger partial charge in [0.05, 0.1) is 22.9 Å². The van der Waals surface area contributed by atoms with E-state index in [4.69, 9.17) is 5.41 Å². The monoisotopic (exact) mass is 359 g/mol. The van der Waals surface area contributed by atoms with Gasteiger partial charge in [-0.15, -0.1) is 0 Å². The third kappa shape index (κ3) is 3.51. The quantitative estimate of drug-likeness (QED) is 0.733. The predicted octanol–water partition coefficient (Wildman–Crippen LogP) is 2.72. The summed E-state index contributed by atoms with van der Waals surface area (Å²) in [6.07, 6.45) is 7.12. The van der Waals surface area contributed by atoms with Gasteiger partial charge in [-0.25, -0.2) is 4.98 Å². The van der Waals surface area contributed by atoms with E-state index < -0.39 is 0 Å². The summed E-state index contributed by atoms with van der Waals surface area (Å²) in [7, 11) is 0. The maximum Gasteiger partial charge on any atom is 0.0922 e. The van der Waals surface area contributed by atoms with Gasteiger partial charge in [0.15, 0.2) is 0 Å². The van der Waals surface area contributed by atoms with E-state index in [1.807, 2.05) is 24.4 Å². The van der Waals surface area contributed by atoms with Crippen molar-refractivity contribution in [3.8, 4) is 0 Å². The normalized spacial score (nSPS) is 16.7. The highest BCUT2D eigenvalue weighted by atomic mass is 79.9. The van der Waals surface area contributed by atoms with Crippen LogP contribution in [0.25, 0.3) is 16.6 Å². The third-order valence-electron chi connectivity index (χ3n) is 3.77. The summed E-state index contributed by atoms with van der Waals surface area (Å²) in [5.41, 5.74) is 3.12. The van der Waals surface area contributed by atoms with Gasteiger partial charge in [-0.2, -0.15) is 0 Å². The molecule has 2 aromatic rings. The summed E-state index contributed by atoms with van der Waals surface area (Å²) in [6.45, 7) is 2.07. The van der Waals surface area contributed by atoms with Gasteiger partial charge < -0.3 is 16.0 Å². The Labute approximate surface area is 137 Å². The molecule has 1 aliphatic heterocycles. The van der Waals surface area contributed by atoms with Gasteiger partial charge >= 0.3 is 0 Å². The van der Waals surface area contributed by atoms with Gasteiger partial charge in [0.1, 0.15) is 0 Å². The molecule has 0 unspecified atom stereocenters. The van der Waals surface area contributed by atoms with E-state index in [2.05, 4.69) is 36.5 Å². The van der Waals surface area contributed by atoms with Crippen molar-refractivity contribution in [1.82, 2.24) is 20.6 Å². The lowest BCUT2D eigenvalue weighted by molar-refractivity contribution is 0.420. The summed E-state index contributed by atoms with van der Waals surface area (Å²) in [5.74, 6) is 0. The zero-order valence-electron chi connectivity index (χ0n) is 12.1. The highest BCUT2D eigenvalue weighted by Gasteiger charge is 2.11. The number of piperidine rings is 1. The molecule has 0 aliphatic carbocycles. The first-order valence-corrected chi connectivity index (χ1v) is 8.15. The first-order valence-electron chi connectivity index (χ1n) is 7.36. The number of benzene rings is 1. The third-order valence-corrected chi connectivity index (χ3v) is 4.26. The summed E-state index contributed by atoms with van der Waals surface area (Å²) < 4.78 is 0.972. The molecule has 1 saturated heterocycles. The van der Waals surface area contributed by atoms with Crippen molar-refractivity contribution in [3.63, 3.8) is 0 Å². The topological polar surface area (TPSA) is 73.7 Å². The summed E-state index contributed by atoms with van der Waals surface area (Å²) in [5, 5.41) is 14.4. The van der Waals surface area contributed by atoms with Crippen LogP contribution in [0.5, 0.6) is 0 Å². The Hall–Kier alpha value is -1.79. The predicted molar refractivity (Wildman–Crippen MR) is 93.0 cm³/mol. The van der Waals surface area contributed by atoms with E-state index in [0.717, 1.165) is 47.0 Å². The first-order chi connectivity index (χ1) is 10.8. The highest BCUT2D eigenvalue weighted by molar-refractivity contribution is 9.10. The number of nitrogens with one attached hydrogen (secondary N) is 3. The van der Waals surface area contributed by atoms with E-state index in [0.29, 0.717) is 11.7 Å². The van der Waals surface area contributed by atoms with Crippen molar-refractivity contribution < 1.29 is 0 Å². The van der Waals surface area contributed by atoms with Crippen LogP contribution in [0.2, 0.25) is 0 Å².